The molecule has 1 aliphatic heterocycles. The van der Waals surface area contributed by atoms with E-state index in [9.17, 15) is 0 Å². The topological polar surface area (TPSA) is 12.5 Å². The predicted octanol–water partition coefficient (Wildman–Crippen LogP) is 8.80. The zero-order chi connectivity index (χ0) is 22.0. The second-order valence-corrected chi connectivity index (χ2v) is 8.92. The van der Waals surface area contributed by atoms with Crippen molar-refractivity contribution in [1.29, 1.82) is 0 Å². The van der Waals surface area contributed by atoms with Gasteiger partial charge in [0.25, 0.3) is 0 Å². The Morgan fingerprint density at radius 3 is 1.94 bits per heavy atom. The van der Waals surface area contributed by atoms with E-state index < -0.39 is 0 Å². The third kappa shape index (κ3) is 2.73. The minimum Gasteiger partial charge on any atom is -0.453 e. The van der Waals surface area contributed by atoms with Crippen molar-refractivity contribution in [3.63, 3.8) is 0 Å². The number of benzene rings is 5. The maximum absolute atomic E-state index is 6.64. The minimum absolute atomic E-state index is 0.897. The van der Waals surface area contributed by atoms with Crippen LogP contribution in [-0.2, 0) is 0 Å². The van der Waals surface area contributed by atoms with Gasteiger partial charge in [0.05, 0.1) is 17.1 Å². The summed E-state index contributed by atoms with van der Waals surface area (Å²) in [6, 6.07) is 28.3. The highest BCUT2D eigenvalue weighted by molar-refractivity contribution is 6.01. The highest BCUT2D eigenvalue weighted by atomic mass is 16.5. The van der Waals surface area contributed by atoms with E-state index in [0.29, 0.717) is 0 Å². The number of hydrogen-bond acceptors (Lipinski definition) is 2. The molecule has 0 spiro atoms. The number of ether oxygens (including phenoxy) is 1. The molecule has 5 aromatic rings. The van der Waals surface area contributed by atoms with E-state index in [4.69, 9.17) is 4.74 Å². The fourth-order valence-corrected chi connectivity index (χ4v) is 5.26. The summed E-state index contributed by atoms with van der Waals surface area (Å²) in [5, 5.41) is 4.85. The Morgan fingerprint density at radius 1 is 0.625 bits per heavy atom. The molecule has 0 N–H and O–H groups in total. The second-order valence-electron chi connectivity index (χ2n) is 8.92. The van der Waals surface area contributed by atoms with Gasteiger partial charge in [0.2, 0.25) is 0 Å². The van der Waals surface area contributed by atoms with Crippen molar-refractivity contribution in [3.8, 4) is 11.5 Å². The van der Waals surface area contributed by atoms with Gasteiger partial charge in [-0.05, 0) is 78.6 Å². The Kier molecular flexibility index (Phi) is 4.06. The first kappa shape index (κ1) is 18.9. The highest BCUT2D eigenvalue weighted by Crippen LogP contribution is 2.55. The van der Waals surface area contributed by atoms with Crippen LogP contribution >= 0.6 is 0 Å². The van der Waals surface area contributed by atoms with E-state index in [1.807, 2.05) is 0 Å². The van der Waals surface area contributed by atoms with E-state index >= 15 is 0 Å². The molecule has 6 rings (SSSR count). The van der Waals surface area contributed by atoms with Gasteiger partial charge in [-0.25, -0.2) is 0 Å². The van der Waals surface area contributed by atoms with Crippen LogP contribution < -0.4 is 9.64 Å². The van der Waals surface area contributed by atoms with Gasteiger partial charge in [0.15, 0.2) is 11.5 Å². The number of anilines is 3. The molecule has 1 aliphatic rings. The van der Waals surface area contributed by atoms with Gasteiger partial charge in [0.1, 0.15) is 0 Å². The van der Waals surface area contributed by atoms with Crippen molar-refractivity contribution in [1.82, 2.24) is 0 Å². The number of nitrogens with zero attached hydrogens (tertiary/aromatic N) is 1. The average Bonchev–Trinajstić information content (AvgIpc) is 2.77. The molecule has 0 radical (unpaired) electrons. The number of rotatable bonds is 1. The summed E-state index contributed by atoms with van der Waals surface area (Å²) in [6.45, 7) is 8.74. The minimum atomic E-state index is 0.897. The third-order valence-corrected chi connectivity index (χ3v) is 6.61. The van der Waals surface area contributed by atoms with Crippen LogP contribution in [0.15, 0.2) is 78.9 Å². The molecule has 2 heteroatoms. The molecule has 0 aliphatic carbocycles. The Balaban J connectivity index is 1.73. The molecular formula is C30H25NO. The summed E-state index contributed by atoms with van der Waals surface area (Å²) in [4.78, 5) is 2.41. The molecule has 156 valence electrons. The summed E-state index contributed by atoms with van der Waals surface area (Å²) in [5.74, 6) is 1.83. The Morgan fingerprint density at radius 2 is 1.22 bits per heavy atom. The molecule has 0 saturated carbocycles. The van der Waals surface area contributed by atoms with E-state index in [2.05, 4.69) is 111 Å². The van der Waals surface area contributed by atoms with Crippen LogP contribution in [-0.4, -0.2) is 0 Å². The normalized spacial score (nSPS) is 12.6. The smallest absolute Gasteiger partial charge is 0.155 e. The van der Waals surface area contributed by atoms with Crippen LogP contribution in [0.3, 0.4) is 0 Å². The first-order valence-electron chi connectivity index (χ1n) is 11.1. The molecule has 0 aromatic heterocycles. The fraction of sp³-hybridized carbons (Fsp3) is 0.133. The summed E-state index contributed by atoms with van der Waals surface area (Å²) in [7, 11) is 0. The van der Waals surface area contributed by atoms with E-state index in [1.54, 1.807) is 0 Å². The van der Waals surface area contributed by atoms with Crippen molar-refractivity contribution in [2.45, 2.75) is 27.7 Å². The molecule has 0 fully saturated rings. The van der Waals surface area contributed by atoms with Crippen molar-refractivity contribution < 1.29 is 4.74 Å². The maximum Gasteiger partial charge on any atom is 0.155 e. The zero-order valence-electron chi connectivity index (χ0n) is 18.9. The molecule has 32 heavy (non-hydrogen) atoms. The molecule has 1 heterocycles. The number of fused-ring (bicyclic) bond motifs is 4. The number of hydrogen-bond donors (Lipinski definition) is 0. The molecule has 2 nitrogen and oxygen atoms in total. The van der Waals surface area contributed by atoms with Crippen LogP contribution in [0.2, 0.25) is 0 Å². The summed E-state index contributed by atoms with van der Waals surface area (Å²) in [5.41, 5.74) is 8.39. The van der Waals surface area contributed by atoms with Gasteiger partial charge < -0.3 is 9.64 Å². The molecule has 0 unspecified atom stereocenters. The lowest BCUT2D eigenvalue weighted by atomic mass is 9.97. The quantitative estimate of drug-likeness (QED) is 0.266. The molecular weight excluding hydrogens is 390 g/mol. The highest BCUT2D eigenvalue weighted by Gasteiger charge is 2.30. The molecule has 0 bridgehead atoms. The Labute approximate surface area is 188 Å². The molecule has 0 amide bonds. The summed E-state index contributed by atoms with van der Waals surface area (Å²) < 4.78 is 6.64. The van der Waals surface area contributed by atoms with Gasteiger partial charge in [-0.15, -0.1) is 0 Å². The summed E-state index contributed by atoms with van der Waals surface area (Å²) >= 11 is 0. The van der Waals surface area contributed by atoms with Crippen molar-refractivity contribution in [3.05, 3.63) is 101 Å². The van der Waals surface area contributed by atoms with Crippen molar-refractivity contribution in [2.75, 3.05) is 4.90 Å². The second kappa shape index (κ2) is 6.86. The molecule has 0 saturated heterocycles. The van der Waals surface area contributed by atoms with Crippen LogP contribution in [0.1, 0.15) is 22.3 Å². The molecule has 0 atom stereocenters. The van der Waals surface area contributed by atoms with Crippen LogP contribution in [0.4, 0.5) is 17.1 Å². The van der Waals surface area contributed by atoms with E-state index in [0.717, 1.165) is 22.9 Å². The SMILES string of the molecule is Cc1cc(C)c(N2c3cc4ccccc4cc3Oc3c2cc2ccccc2c3C)c(C)c1. The lowest BCUT2D eigenvalue weighted by Crippen LogP contribution is -2.18. The number of aryl methyl sites for hydroxylation is 4. The standard InChI is InChI=1S/C30H25NO/c1-18-13-19(2)29(20(3)14-18)31-26-15-22-9-5-6-10-23(22)17-28(26)32-30-21(4)25-12-8-7-11-24(25)16-27(30)31/h5-17H,1-4H3. The Bertz CT molecular complexity index is 1520. The fourth-order valence-electron chi connectivity index (χ4n) is 5.26. The largest absolute Gasteiger partial charge is 0.453 e. The van der Waals surface area contributed by atoms with Crippen molar-refractivity contribution in [2.24, 2.45) is 0 Å². The Hall–Kier alpha value is -3.78. The molecule has 5 aromatic carbocycles. The average molecular weight is 416 g/mol. The van der Waals surface area contributed by atoms with Gasteiger partial charge >= 0.3 is 0 Å². The predicted molar refractivity (Wildman–Crippen MR) is 135 cm³/mol. The zero-order valence-corrected chi connectivity index (χ0v) is 18.9. The van der Waals surface area contributed by atoms with Gasteiger partial charge in [0, 0.05) is 5.56 Å². The lowest BCUT2D eigenvalue weighted by Gasteiger charge is -2.36. The first-order valence-corrected chi connectivity index (χ1v) is 11.1. The third-order valence-electron chi connectivity index (χ3n) is 6.61. The van der Waals surface area contributed by atoms with Crippen LogP contribution in [0.25, 0.3) is 21.5 Å². The monoisotopic (exact) mass is 415 g/mol. The van der Waals surface area contributed by atoms with Gasteiger partial charge in [-0.2, -0.15) is 0 Å². The van der Waals surface area contributed by atoms with Crippen molar-refractivity contribution >= 4 is 38.6 Å². The van der Waals surface area contributed by atoms with Crippen LogP contribution in [0, 0.1) is 27.7 Å². The van der Waals surface area contributed by atoms with E-state index in [-0.39, 0.29) is 0 Å². The van der Waals surface area contributed by atoms with Gasteiger partial charge in [-0.1, -0.05) is 66.2 Å². The van der Waals surface area contributed by atoms with E-state index in [1.165, 1.54) is 49.5 Å². The summed E-state index contributed by atoms with van der Waals surface area (Å²) in [6.07, 6.45) is 0. The van der Waals surface area contributed by atoms with Gasteiger partial charge in [-0.3, -0.25) is 0 Å². The lowest BCUT2D eigenvalue weighted by molar-refractivity contribution is 0.475. The first-order chi connectivity index (χ1) is 15.5. The maximum atomic E-state index is 6.64. The van der Waals surface area contributed by atoms with Crippen LogP contribution in [0.5, 0.6) is 11.5 Å².